The van der Waals surface area contributed by atoms with Crippen LogP contribution in [-0.4, -0.2) is 20.4 Å². The number of hydrogen-bond donors (Lipinski definition) is 2. The van der Waals surface area contributed by atoms with Gasteiger partial charge in [0.05, 0.1) is 4.90 Å². The summed E-state index contributed by atoms with van der Waals surface area (Å²) in [5.41, 5.74) is 2.27. The van der Waals surface area contributed by atoms with Gasteiger partial charge in [0.15, 0.2) is 0 Å². The summed E-state index contributed by atoms with van der Waals surface area (Å²) in [6.45, 7) is 3.64. The van der Waals surface area contributed by atoms with Crippen molar-refractivity contribution in [2.75, 3.05) is 0 Å². The quantitative estimate of drug-likeness (QED) is 0.814. The molecule has 7 heteroatoms. The zero-order valence-electron chi connectivity index (χ0n) is 14.7. The molecule has 2 aromatic carbocycles. The molecular formula is C19H21FN2O3S. The second kappa shape index (κ2) is 7.17. The largest absolute Gasteiger partial charge is 0.348 e. The summed E-state index contributed by atoms with van der Waals surface area (Å²) in [5, 5.41) is 2.76. The van der Waals surface area contributed by atoms with Crippen LogP contribution in [0.3, 0.4) is 0 Å². The minimum absolute atomic E-state index is 0.000273. The first-order valence-corrected chi connectivity index (χ1v) is 9.91. The zero-order chi connectivity index (χ0) is 18.9. The molecule has 26 heavy (non-hydrogen) atoms. The van der Waals surface area contributed by atoms with Crippen molar-refractivity contribution in [2.45, 2.75) is 44.2 Å². The van der Waals surface area contributed by atoms with Crippen LogP contribution in [0.2, 0.25) is 0 Å². The Balaban J connectivity index is 1.75. The Bertz CT molecular complexity index is 953. The predicted octanol–water partition coefficient (Wildman–Crippen LogP) is 2.81. The van der Waals surface area contributed by atoms with Crippen LogP contribution in [0.5, 0.6) is 0 Å². The van der Waals surface area contributed by atoms with Crippen LogP contribution >= 0.6 is 0 Å². The number of carbonyl (C=O) groups is 1. The summed E-state index contributed by atoms with van der Waals surface area (Å²) < 4.78 is 40.6. The first-order chi connectivity index (χ1) is 12.3. The Labute approximate surface area is 152 Å². The summed E-state index contributed by atoms with van der Waals surface area (Å²) in [5.74, 6) is -0.662. The van der Waals surface area contributed by atoms with Crippen LogP contribution in [0.25, 0.3) is 0 Å². The molecule has 0 atom stereocenters. The molecule has 0 aliphatic heterocycles. The molecule has 2 aromatic rings. The van der Waals surface area contributed by atoms with E-state index in [9.17, 15) is 17.6 Å². The molecule has 0 spiro atoms. The van der Waals surface area contributed by atoms with Crippen molar-refractivity contribution in [3.8, 4) is 0 Å². The predicted molar refractivity (Wildman–Crippen MR) is 96.8 cm³/mol. The van der Waals surface area contributed by atoms with E-state index >= 15 is 0 Å². The molecule has 0 bridgehead atoms. The highest BCUT2D eigenvalue weighted by Gasteiger charge is 2.28. The van der Waals surface area contributed by atoms with Crippen LogP contribution in [0, 0.1) is 19.7 Å². The number of rotatable bonds is 6. The fourth-order valence-corrected chi connectivity index (χ4v) is 3.93. The van der Waals surface area contributed by atoms with Crippen molar-refractivity contribution in [2.24, 2.45) is 0 Å². The monoisotopic (exact) mass is 376 g/mol. The minimum Gasteiger partial charge on any atom is -0.348 e. The molecule has 0 unspecified atom stereocenters. The van der Waals surface area contributed by atoms with Gasteiger partial charge in [-0.3, -0.25) is 4.79 Å². The van der Waals surface area contributed by atoms with Crippen molar-refractivity contribution < 1.29 is 17.6 Å². The molecule has 2 N–H and O–H groups in total. The van der Waals surface area contributed by atoms with E-state index in [4.69, 9.17) is 0 Å². The van der Waals surface area contributed by atoms with E-state index in [2.05, 4.69) is 10.0 Å². The molecule has 1 aliphatic rings. The summed E-state index contributed by atoms with van der Waals surface area (Å²) in [7, 11) is -3.62. The molecule has 0 saturated heterocycles. The van der Waals surface area contributed by atoms with Crippen molar-refractivity contribution in [1.82, 2.24) is 10.0 Å². The Hall–Kier alpha value is -2.25. The topological polar surface area (TPSA) is 75.3 Å². The van der Waals surface area contributed by atoms with E-state index in [1.54, 1.807) is 32.0 Å². The molecule has 5 nitrogen and oxygen atoms in total. The number of halogens is 1. The molecule has 0 aromatic heterocycles. The molecule has 0 heterocycles. The first kappa shape index (κ1) is 18.5. The lowest BCUT2D eigenvalue weighted by Crippen LogP contribution is -2.27. The molecule has 1 fully saturated rings. The summed E-state index contributed by atoms with van der Waals surface area (Å²) >= 11 is 0. The molecule has 1 aliphatic carbocycles. The molecule has 1 amide bonds. The maximum Gasteiger partial charge on any atom is 0.251 e. The van der Waals surface area contributed by atoms with E-state index in [1.165, 1.54) is 18.2 Å². The van der Waals surface area contributed by atoms with E-state index in [1.807, 2.05) is 0 Å². The van der Waals surface area contributed by atoms with Crippen LogP contribution in [0.1, 0.15) is 39.9 Å². The number of carbonyl (C=O) groups excluding carboxylic acids is 1. The maximum atomic E-state index is 13.3. The normalized spacial score (nSPS) is 14.3. The Morgan fingerprint density at radius 2 is 1.85 bits per heavy atom. The highest BCUT2D eigenvalue weighted by atomic mass is 32.2. The smallest absolute Gasteiger partial charge is 0.251 e. The van der Waals surface area contributed by atoms with Crippen LogP contribution in [0.15, 0.2) is 41.3 Å². The van der Waals surface area contributed by atoms with Gasteiger partial charge in [-0.2, -0.15) is 0 Å². The van der Waals surface area contributed by atoms with E-state index in [0.29, 0.717) is 16.7 Å². The van der Waals surface area contributed by atoms with Crippen molar-refractivity contribution in [1.29, 1.82) is 0 Å². The fraction of sp³-hybridized carbons (Fsp3) is 0.316. The van der Waals surface area contributed by atoms with Gasteiger partial charge in [0.2, 0.25) is 10.0 Å². The number of amides is 1. The lowest BCUT2D eigenvalue weighted by Gasteiger charge is -2.11. The fourth-order valence-electron chi connectivity index (χ4n) is 2.60. The van der Waals surface area contributed by atoms with Crippen LogP contribution < -0.4 is 10.0 Å². The highest BCUT2D eigenvalue weighted by molar-refractivity contribution is 7.89. The zero-order valence-corrected chi connectivity index (χ0v) is 15.5. The van der Waals surface area contributed by atoms with Crippen molar-refractivity contribution in [3.05, 3.63) is 64.5 Å². The average Bonchev–Trinajstić information content (AvgIpc) is 3.39. The SMILES string of the molecule is Cc1cc(CNC(=O)c2cc(S(=O)(=O)NC3CC3)ccc2C)ccc1F. The van der Waals surface area contributed by atoms with Crippen molar-refractivity contribution in [3.63, 3.8) is 0 Å². The summed E-state index contributed by atoms with van der Waals surface area (Å²) in [4.78, 5) is 12.6. The Morgan fingerprint density at radius 3 is 2.50 bits per heavy atom. The third kappa shape index (κ3) is 4.28. The Morgan fingerprint density at radius 1 is 1.12 bits per heavy atom. The molecule has 1 saturated carbocycles. The molecule has 138 valence electrons. The third-order valence-corrected chi connectivity index (χ3v) is 5.86. The molecular weight excluding hydrogens is 355 g/mol. The minimum atomic E-state index is -3.62. The number of hydrogen-bond acceptors (Lipinski definition) is 3. The van der Waals surface area contributed by atoms with Gasteiger partial charge in [0.25, 0.3) is 5.91 Å². The summed E-state index contributed by atoms with van der Waals surface area (Å²) in [6, 6.07) is 9.15. The third-order valence-electron chi connectivity index (χ3n) is 4.34. The van der Waals surface area contributed by atoms with Gasteiger partial charge in [-0.05, 0) is 61.6 Å². The van der Waals surface area contributed by atoms with E-state index < -0.39 is 10.0 Å². The molecule has 3 rings (SSSR count). The van der Waals surface area contributed by atoms with Gasteiger partial charge < -0.3 is 5.32 Å². The summed E-state index contributed by atoms with van der Waals surface area (Å²) in [6.07, 6.45) is 1.69. The number of nitrogens with one attached hydrogen (secondary N) is 2. The van der Waals surface area contributed by atoms with Gasteiger partial charge in [-0.15, -0.1) is 0 Å². The van der Waals surface area contributed by atoms with E-state index in [0.717, 1.165) is 18.4 Å². The van der Waals surface area contributed by atoms with Gasteiger partial charge in [-0.1, -0.05) is 18.2 Å². The second-order valence-corrected chi connectivity index (χ2v) is 8.35. The molecule has 0 radical (unpaired) electrons. The van der Waals surface area contributed by atoms with Gasteiger partial charge >= 0.3 is 0 Å². The number of benzene rings is 2. The van der Waals surface area contributed by atoms with E-state index in [-0.39, 0.29) is 29.2 Å². The maximum absolute atomic E-state index is 13.3. The number of aryl methyl sites for hydroxylation is 2. The van der Waals surface area contributed by atoms with Crippen LogP contribution in [0.4, 0.5) is 4.39 Å². The second-order valence-electron chi connectivity index (χ2n) is 6.64. The highest BCUT2D eigenvalue weighted by Crippen LogP contribution is 2.23. The number of sulfonamides is 1. The first-order valence-electron chi connectivity index (χ1n) is 8.42. The van der Waals surface area contributed by atoms with Crippen molar-refractivity contribution >= 4 is 15.9 Å². The lowest BCUT2D eigenvalue weighted by molar-refractivity contribution is 0.0950. The van der Waals surface area contributed by atoms with Gasteiger partial charge in [0.1, 0.15) is 5.82 Å². The van der Waals surface area contributed by atoms with Gasteiger partial charge in [0, 0.05) is 18.2 Å². The van der Waals surface area contributed by atoms with Gasteiger partial charge in [-0.25, -0.2) is 17.5 Å². The standard InChI is InChI=1S/C19H21FN2O3S/c1-12-3-7-16(26(24,25)22-15-5-6-15)10-17(12)19(23)21-11-14-4-8-18(20)13(2)9-14/h3-4,7-10,15,22H,5-6,11H2,1-2H3,(H,21,23). The average molecular weight is 376 g/mol. The lowest BCUT2D eigenvalue weighted by atomic mass is 10.1. The van der Waals surface area contributed by atoms with Crippen LogP contribution in [-0.2, 0) is 16.6 Å². The Kier molecular flexibility index (Phi) is 5.11.